The minimum absolute atomic E-state index is 0.0472. The van der Waals surface area contributed by atoms with E-state index in [1.807, 2.05) is 66.2 Å². The minimum Gasteiger partial charge on any atom is -0.497 e. The van der Waals surface area contributed by atoms with E-state index in [0.717, 1.165) is 22.7 Å². The van der Waals surface area contributed by atoms with Gasteiger partial charge in [-0.1, -0.05) is 54.2 Å². The highest BCUT2D eigenvalue weighted by Crippen LogP contribution is 2.37. The molecule has 1 aliphatic rings. The lowest BCUT2D eigenvalue weighted by atomic mass is 10.0. The van der Waals surface area contributed by atoms with Gasteiger partial charge in [0, 0.05) is 6.54 Å². The monoisotopic (exact) mass is 395 g/mol. The molecule has 1 amide bonds. The molecule has 3 aromatic rings. The number of hydrogen-bond donors (Lipinski definition) is 2. The lowest BCUT2D eigenvalue weighted by molar-refractivity contribution is -0.121. The maximum Gasteiger partial charge on any atom is 0.236 e. The van der Waals surface area contributed by atoms with Crippen LogP contribution in [0, 0.1) is 6.92 Å². The molecule has 1 aromatic heterocycles. The Morgan fingerprint density at radius 2 is 1.93 bits per heavy atom. The highest BCUT2D eigenvalue weighted by Gasteiger charge is 2.37. The minimum atomic E-state index is -0.381. The topological polar surface area (TPSA) is 81.1 Å². The Kier molecular flexibility index (Phi) is 5.21. The number of ether oxygens (including phenoxy) is 1. The molecule has 0 fully saturated rings. The van der Waals surface area contributed by atoms with Gasteiger partial charge in [-0.3, -0.25) is 4.79 Å². The van der Waals surface area contributed by atoms with Crippen molar-refractivity contribution in [3.63, 3.8) is 0 Å². The molecule has 4 rings (SSSR count). The average molecular weight is 395 g/mol. The first-order valence-electron chi connectivity index (χ1n) is 8.96. The Hall–Kier alpha value is -3.00. The van der Waals surface area contributed by atoms with Crippen molar-refractivity contribution in [3.8, 4) is 5.75 Å². The van der Waals surface area contributed by atoms with Crippen LogP contribution < -0.4 is 15.5 Å². The molecule has 1 aliphatic heterocycles. The van der Waals surface area contributed by atoms with Crippen molar-refractivity contribution in [2.75, 3.05) is 12.5 Å². The predicted octanol–water partition coefficient (Wildman–Crippen LogP) is 2.67. The summed E-state index contributed by atoms with van der Waals surface area (Å²) in [6.07, 6.45) is 0. The van der Waals surface area contributed by atoms with Crippen LogP contribution in [-0.2, 0) is 11.3 Å². The maximum absolute atomic E-state index is 13.0. The number of amides is 1. The third kappa shape index (κ3) is 3.68. The molecular weight excluding hydrogens is 374 g/mol. The Balaban J connectivity index is 1.58. The zero-order chi connectivity index (χ0) is 19.5. The summed E-state index contributed by atoms with van der Waals surface area (Å²) >= 11 is 1.42. The summed E-state index contributed by atoms with van der Waals surface area (Å²) in [6.45, 7) is 2.36. The number of benzene rings is 2. The van der Waals surface area contributed by atoms with Gasteiger partial charge in [0.2, 0.25) is 11.1 Å². The fourth-order valence-electron chi connectivity index (χ4n) is 3.11. The van der Waals surface area contributed by atoms with Crippen molar-refractivity contribution in [1.82, 2.24) is 20.2 Å². The van der Waals surface area contributed by atoms with Crippen molar-refractivity contribution < 1.29 is 9.53 Å². The largest absolute Gasteiger partial charge is 0.497 e. The number of methoxy groups -OCH3 is 1. The molecule has 8 heteroatoms. The molecule has 0 radical (unpaired) electrons. The second-order valence-electron chi connectivity index (χ2n) is 6.49. The number of fused-ring (bicyclic) bond motifs is 1. The molecule has 2 N–H and O–H groups in total. The molecule has 0 unspecified atom stereocenters. The normalized spacial score (nSPS) is 18.1. The average Bonchev–Trinajstić information content (AvgIpc) is 3.12. The third-order valence-electron chi connectivity index (χ3n) is 4.64. The number of nitrogens with zero attached hydrogens (tertiary/aromatic N) is 3. The SMILES string of the molecule is COc1ccc([C@@H]2Nn3c(C)nnc3S[C@H]2C(=O)NCc2ccccc2)cc1. The molecule has 0 saturated heterocycles. The Morgan fingerprint density at radius 1 is 1.18 bits per heavy atom. The van der Waals surface area contributed by atoms with Crippen LogP contribution in [0.4, 0.5) is 0 Å². The first kappa shape index (κ1) is 18.4. The number of rotatable bonds is 5. The van der Waals surface area contributed by atoms with Crippen molar-refractivity contribution >= 4 is 17.7 Å². The molecule has 0 bridgehead atoms. The first-order chi connectivity index (χ1) is 13.7. The van der Waals surface area contributed by atoms with Gasteiger partial charge in [-0.2, -0.15) is 0 Å². The van der Waals surface area contributed by atoms with Gasteiger partial charge in [0.1, 0.15) is 16.8 Å². The molecule has 2 atom stereocenters. The Morgan fingerprint density at radius 3 is 2.64 bits per heavy atom. The quantitative estimate of drug-likeness (QED) is 0.691. The van der Waals surface area contributed by atoms with Gasteiger partial charge in [0.05, 0.1) is 13.2 Å². The fourth-order valence-corrected chi connectivity index (χ4v) is 4.26. The van der Waals surface area contributed by atoms with Crippen molar-refractivity contribution in [2.45, 2.75) is 29.9 Å². The molecule has 144 valence electrons. The summed E-state index contributed by atoms with van der Waals surface area (Å²) in [5.74, 6) is 1.48. The second kappa shape index (κ2) is 7.93. The van der Waals surface area contributed by atoms with E-state index in [9.17, 15) is 4.79 Å². The van der Waals surface area contributed by atoms with Crippen LogP contribution in [0.15, 0.2) is 59.8 Å². The van der Waals surface area contributed by atoms with Crippen molar-refractivity contribution in [3.05, 3.63) is 71.5 Å². The highest BCUT2D eigenvalue weighted by atomic mass is 32.2. The van der Waals surface area contributed by atoms with Gasteiger partial charge < -0.3 is 15.5 Å². The van der Waals surface area contributed by atoms with Gasteiger partial charge in [0.25, 0.3) is 0 Å². The number of nitrogens with one attached hydrogen (secondary N) is 2. The van der Waals surface area contributed by atoms with Crippen molar-refractivity contribution in [2.24, 2.45) is 0 Å². The molecule has 0 spiro atoms. The second-order valence-corrected chi connectivity index (χ2v) is 7.60. The molecule has 2 heterocycles. The van der Waals surface area contributed by atoms with Gasteiger partial charge in [-0.15, -0.1) is 10.2 Å². The number of hydrogen-bond acceptors (Lipinski definition) is 6. The number of carbonyl (C=O) groups is 1. The molecule has 28 heavy (non-hydrogen) atoms. The zero-order valence-corrected chi connectivity index (χ0v) is 16.4. The van der Waals surface area contributed by atoms with E-state index in [1.165, 1.54) is 11.8 Å². The molecule has 0 saturated carbocycles. The lowest BCUT2D eigenvalue weighted by Gasteiger charge is -2.32. The van der Waals surface area contributed by atoms with Gasteiger partial charge in [0.15, 0.2) is 0 Å². The van der Waals surface area contributed by atoms with Crippen LogP contribution in [0.2, 0.25) is 0 Å². The van der Waals surface area contributed by atoms with Crippen LogP contribution in [0.1, 0.15) is 23.0 Å². The van der Waals surface area contributed by atoms with E-state index >= 15 is 0 Å². The summed E-state index contributed by atoms with van der Waals surface area (Å²) in [4.78, 5) is 13.0. The number of carbonyl (C=O) groups excluding carboxylic acids is 1. The smallest absolute Gasteiger partial charge is 0.236 e. The van der Waals surface area contributed by atoms with Crippen LogP contribution in [-0.4, -0.2) is 33.1 Å². The summed E-state index contributed by atoms with van der Waals surface area (Å²) in [5.41, 5.74) is 5.45. The van der Waals surface area contributed by atoms with Crippen molar-refractivity contribution in [1.29, 1.82) is 0 Å². The summed E-state index contributed by atoms with van der Waals surface area (Å²) in [6, 6.07) is 17.4. The van der Waals surface area contributed by atoms with E-state index < -0.39 is 0 Å². The predicted molar refractivity (Wildman–Crippen MR) is 108 cm³/mol. The van der Waals surface area contributed by atoms with Crippen LogP contribution >= 0.6 is 11.8 Å². The van der Waals surface area contributed by atoms with Crippen LogP contribution in [0.25, 0.3) is 0 Å². The van der Waals surface area contributed by atoms with E-state index in [-0.39, 0.29) is 17.2 Å². The summed E-state index contributed by atoms with van der Waals surface area (Å²) in [5, 5.41) is 11.6. The van der Waals surface area contributed by atoms with E-state index in [1.54, 1.807) is 7.11 Å². The maximum atomic E-state index is 13.0. The fraction of sp³-hybridized carbons (Fsp3) is 0.250. The van der Waals surface area contributed by atoms with Gasteiger partial charge >= 0.3 is 0 Å². The third-order valence-corrected chi connectivity index (χ3v) is 5.86. The van der Waals surface area contributed by atoms with E-state index in [2.05, 4.69) is 20.9 Å². The van der Waals surface area contributed by atoms with E-state index in [4.69, 9.17) is 4.74 Å². The van der Waals surface area contributed by atoms with Crippen LogP contribution in [0.3, 0.4) is 0 Å². The zero-order valence-electron chi connectivity index (χ0n) is 15.6. The van der Waals surface area contributed by atoms with Crippen LogP contribution in [0.5, 0.6) is 5.75 Å². The Bertz CT molecular complexity index is 958. The van der Waals surface area contributed by atoms with Gasteiger partial charge in [-0.05, 0) is 30.2 Å². The molecular formula is C20H21N5O2S. The first-order valence-corrected chi connectivity index (χ1v) is 9.84. The van der Waals surface area contributed by atoms with Gasteiger partial charge in [-0.25, -0.2) is 4.68 Å². The molecule has 7 nitrogen and oxygen atoms in total. The standard InChI is InChI=1S/C20H21N5O2S/c1-13-22-23-20-25(13)24-17(15-8-10-16(27-2)11-9-15)18(28-20)19(26)21-12-14-6-4-3-5-7-14/h3-11,17-18,24H,12H2,1-2H3,(H,21,26)/t17-,18+/m0/s1. The summed E-state index contributed by atoms with van der Waals surface area (Å²) < 4.78 is 7.09. The Labute approximate surface area is 167 Å². The lowest BCUT2D eigenvalue weighted by Crippen LogP contribution is -2.44. The number of aromatic nitrogens is 3. The molecule has 2 aromatic carbocycles. The van der Waals surface area contributed by atoms with E-state index in [0.29, 0.717) is 11.7 Å². The highest BCUT2D eigenvalue weighted by molar-refractivity contribution is 8.00. The molecule has 0 aliphatic carbocycles. The summed E-state index contributed by atoms with van der Waals surface area (Å²) in [7, 11) is 1.64. The number of aryl methyl sites for hydroxylation is 1. The number of thioether (sulfide) groups is 1.